The van der Waals surface area contributed by atoms with Gasteiger partial charge in [-0.2, -0.15) is 0 Å². The predicted octanol–water partition coefficient (Wildman–Crippen LogP) is 4.13. The molecule has 2 N–H and O–H groups in total. The highest BCUT2D eigenvalue weighted by atomic mass is 16.3. The summed E-state index contributed by atoms with van der Waals surface area (Å²) in [5.41, 5.74) is 5.14. The van der Waals surface area contributed by atoms with Crippen molar-refractivity contribution in [2.24, 2.45) is 0 Å². The zero-order valence-corrected chi connectivity index (χ0v) is 17.1. The summed E-state index contributed by atoms with van der Waals surface area (Å²) in [5.74, 6) is -0.796. The van der Waals surface area contributed by atoms with Crippen LogP contribution in [0.2, 0.25) is 0 Å². The first-order chi connectivity index (χ1) is 14.4. The molecule has 5 rings (SSSR count). The molecule has 0 saturated heterocycles. The number of imide groups is 1. The minimum atomic E-state index is -0.386. The lowest BCUT2D eigenvalue weighted by Crippen LogP contribution is -2.33. The van der Waals surface area contributed by atoms with E-state index in [1.807, 2.05) is 18.2 Å². The van der Waals surface area contributed by atoms with E-state index in [0.717, 1.165) is 33.4 Å². The fraction of sp³-hybridized carbons (Fsp3) is 0.250. The molecule has 0 aliphatic carbocycles. The van der Waals surface area contributed by atoms with E-state index in [1.54, 1.807) is 18.2 Å². The SMILES string of the molecule is CC(=O)N1CC2=C(C1=O)[C@H](c1cccc(O)c1)c1cn(C(C)C)c3cccc(c13)N2. The number of aromatic hydroxyl groups is 1. The number of carbonyl (C=O) groups excluding carboxylic acids is 2. The quantitative estimate of drug-likeness (QED) is 0.677. The third-order valence-electron chi connectivity index (χ3n) is 6.03. The number of carbonyl (C=O) groups is 2. The van der Waals surface area contributed by atoms with E-state index < -0.39 is 0 Å². The molecule has 0 saturated carbocycles. The largest absolute Gasteiger partial charge is 0.508 e. The molecule has 1 aromatic heterocycles. The van der Waals surface area contributed by atoms with Crippen LogP contribution in [0.1, 0.15) is 43.9 Å². The molecule has 1 atom stereocenters. The van der Waals surface area contributed by atoms with Crippen LogP contribution in [0.25, 0.3) is 10.9 Å². The highest BCUT2D eigenvalue weighted by molar-refractivity contribution is 6.11. The maximum atomic E-state index is 13.4. The van der Waals surface area contributed by atoms with Gasteiger partial charge in [-0.05, 0) is 49.2 Å². The second kappa shape index (κ2) is 6.49. The number of nitrogens with zero attached hydrogens (tertiary/aromatic N) is 2. The molecule has 2 aliphatic heterocycles. The number of phenols is 1. The zero-order valence-electron chi connectivity index (χ0n) is 17.1. The smallest absolute Gasteiger partial charge is 0.259 e. The van der Waals surface area contributed by atoms with Crippen molar-refractivity contribution >= 4 is 28.4 Å². The monoisotopic (exact) mass is 401 g/mol. The maximum Gasteiger partial charge on any atom is 0.259 e. The van der Waals surface area contributed by atoms with Gasteiger partial charge in [0, 0.05) is 41.9 Å². The molecule has 0 bridgehead atoms. The van der Waals surface area contributed by atoms with Gasteiger partial charge >= 0.3 is 0 Å². The normalized spacial score (nSPS) is 18.1. The molecule has 3 aromatic rings. The minimum absolute atomic E-state index is 0.147. The number of rotatable bonds is 2. The van der Waals surface area contributed by atoms with Crippen LogP contribution < -0.4 is 5.32 Å². The Balaban J connectivity index is 1.83. The number of hydrogen-bond acceptors (Lipinski definition) is 4. The lowest BCUT2D eigenvalue weighted by Gasteiger charge is -2.19. The molecule has 6 heteroatoms. The summed E-state index contributed by atoms with van der Waals surface area (Å²) in [6, 6.07) is 13.4. The minimum Gasteiger partial charge on any atom is -0.508 e. The van der Waals surface area contributed by atoms with Crippen molar-refractivity contribution in [1.29, 1.82) is 0 Å². The van der Waals surface area contributed by atoms with E-state index in [9.17, 15) is 14.7 Å². The van der Waals surface area contributed by atoms with Crippen LogP contribution in [0.3, 0.4) is 0 Å². The molecule has 152 valence electrons. The average Bonchev–Trinajstić information content (AvgIpc) is 3.18. The first-order valence-electron chi connectivity index (χ1n) is 10.1. The summed E-state index contributed by atoms with van der Waals surface area (Å²) in [6.07, 6.45) is 2.11. The van der Waals surface area contributed by atoms with Crippen LogP contribution in [0.5, 0.6) is 5.75 Å². The second-order valence-electron chi connectivity index (χ2n) is 8.24. The van der Waals surface area contributed by atoms with Crippen LogP contribution in [-0.4, -0.2) is 32.9 Å². The molecule has 3 heterocycles. The average molecular weight is 401 g/mol. The summed E-state index contributed by atoms with van der Waals surface area (Å²) < 4.78 is 2.21. The lowest BCUT2D eigenvalue weighted by molar-refractivity contribution is -0.139. The van der Waals surface area contributed by atoms with Crippen LogP contribution >= 0.6 is 0 Å². The summed E-state index contributed by atoms with van der Waals surface area (Å²) in [4.78, 5) is 26.7. The molecular weight excluding hydrogens is 378 g/mol. The van der Waals surface area contributed by atoms with Crippen molar-refractivity contribution in [3.05, 3.63) is 71.1 Å². The zero-order chi connectivity index (χ0) is 21.2. The van der Waals surface area contributed by atoms with Gasteiger partial charge in [0.15, 0.2) is 0 Å². The van der Waals surface area contributed by atoms with Crippen LogP contribution in [0.4, 0.5) is 5.69 Å². The van der Waals surface area contributed by atoms with Crippen molar-refractivity contribution in [3.8, 4) is 5.75 Å². The number of benzene rings is 2. The first-order valence-corrected chi connectivity index (χ1v) is 10.1. The van der Waals surface area contributed by atoms with Crippen LogP contribution in [0.15, 0.2) is 59.9 Å². The highest BCUT2D eigenvalue weighted by Crippen LogP contribution is 2.47. The van der Waals surface area contributed by atoms with Crippen molar-refractivity contribution in [2.75, 3.05) is 11.9 Å². The summed E-state index contributed by atoms with van der Waals surface area (Å²) in [5, 5.41) is 14.7. The van der Waals surface area contributed by atoms with Gasteiger partial charge < -0.3 is 15.0 Å². The fourth-order valence-electron chi connectivity index (χ4n) is 4.71. The van der Waals surface area contributed by atoms with E-state index in [2.05, 4.69) is 36.0 Å². The number of anilines is 1. The molecule has 2 aromatic carbocycles. The third kappa shape index (κ3) is 2.56. The van der Waals surface area contributed by atoms with Gasteiger partial charge in [-0.15, -0.1) is 0 Å². The van der Waals surface area contributed by atoms with Crippen molar-refractivity contribution < 1.29 is 14.7 Å². The number of nitrogens with one attached hydrogen (secondary N) is 1. The van der Waals surface area contributed by atoms with Gasteiger partial charge in [-0.1, -0.05) is 18.2 Å². The van der Waals surface area contributed by atoms with Gasteiger partial charge in [0.25, 0.3) is 5.91 Å². The summed E-state index contributed by atoms with van der Waals surface area (Å²) in [7, 11) is 0. The Morgan fingerprint density at radius 2 is 1.97 bits per heavy atom. The van der Waals surface area contributed by atoms with Gasteiger partial charge in [0.05, 0.1) is 17.6 Å². The summed E-state index contributed by atoms with van der Waals surface area (Å²) in [6.45, 7) is 5.89. The topological polar surface area (TPSA) is 74.6 Å². The highest BCUT2D eigenvalue weighted by Gasteiger charge is 2.41. The van der Waals surface area contributed by atoms with Crippen molar-refractivity contribution in [3.63, 3.8) is 0 Å². The van der Waals surface area contributed by atoms with Gasteiger partial charge in [-0.25, -0.2) is 0 Å². The van der Waals surface area contributed by atoms with Crippen molar-refractivity contribution in [2.45, 2.75) is 32.7 Å². The molecule has 0 fully saturated rings. The number of aromatic nitrogens is 1. The molecule has 2 aliphatic rings. The standard InChI is InChI=1S/C24H23N3O3/c1-13(2)26-11-17-21(15-6-4-7-16(29)10-15)23-19(12-27(14(3)28)24(23)30)25-18-8-5-9-20(26)22(17)18/h4-11,13,21,25,29H,12H2,1-3H3/t21-/m1/s1. The second-order valence-corrected chi connectivity index (χ2v) is 8.24. The molecule has 6 nitrogen and oxygen atoms in total. The van der Waals surface area contributed by atoms with Crippen LogP contribution in [0, 0.1) is 0 Å². The third-order valence-corrected chi connectivity index (χ3v) is 6.03. The molecular formula is C24H23N3O3. The Morgan fingerprint density at radius 1 is 1.20 bits per heavy atom. The van der Waals surface area contributed by atoms with E-state index in [-0.39, 0.29) is 36.1 Å². The first kappa shape index (κ1) is 18.5. The Bertz CT molecular complexity index is 1250. The molecule has 2 amide bonds. The van der Waals surface area contributed by atoms with Gasteiger partial charge in [-0.3, -0.25) is 14.5 Å². The lowest BCUT2D eigenvalue weighted by atomic mass is 9.84. The number of hydrogen-bond donors (Lipinski definition) is 2. The molecule has 0 spiro atoms. The predicted molar refractivity (Wildman–Crippen MR) is 115 cm³/mol. The van der Waals surface area contributed by atoms with Crippen LogP contribution in [-0.2, 0) is 9.59 Å². The Kier molecular flexibility index (Phi) is 4.00. The van der Waals surface area contributed by atoms with Gasteiger partial charge in [0.1, 0.15) is 5.75 Å². The van der Waals surface area contributed by atoms with E-state index in [1.165, 1.54) is 11.8 Å². The van der Waals surface area contributed by atoms with E-state index >= 15 is 0 Å². The number of amides is 2. The number of phenolic OH excluding ortho intramolecular Hbond substituents is 1. The summed E-state index contributed by atoms with van der Waals surface area (Å²) >= 11 is 0. The molecule has 0 unspecified atom stereocenters. The Labute approximate surface area is 174 Å². The Hall–Kier alpha value is -3.54. The van der Waals surface area contributed by atoms with E-state index in [4.69, 9.17) is 0 Å². The van der Waals surface area contributed by atoms with E-state index in [0.29, 0.717) is 5.57 Å². The molecule has 30 heavy (non-hydrogen) atoms. The van der Waals surface area contributed by atoms with Crippen molar-refractivity contribution in [1.82, 2.24) is 9.47 Å². The Morgan fingerprint density at radius 3 is 2.67 bits per heavy atom. The maximum absolute atomic E-state index is 13.4. The fourth-order valence-corrected chi connectivity index (χ4v) is 4.71. The molecule has 0 radical (unpaired) electrons. The van der Waals surface area contributed by atoms with Gasteiger partial charge in [0.2, 0.25) is 5.91 Å².